The summed E-state index contributed by atoms with van der Waals surface area (Å²) in [5, 5.41) is 13.4. The Labute approximate surface area is 203 Å². The SMILES string of the molecule is CCc1ccc(N2C(=S)N[C@@H](c3ccccn3)[C@H]2c2cccn2-c2ccc(C(=O)O)cc2)cc1. The molecule has 0 amide bonds. The van der Waals surface area contributed by atoms with Gasteiger partial charge in [0.2, 0.25) is 0 Å². The maximum absolute atomic E-state index is 11.3. The van der Waals surface area contributed by atoms with Crippen LogP contribution in [0.25, 0.3) is 5.69 Å². The molecule has 6 nitrogen and oxygen atoms in total. The molecular formula is C27H24N4O2S. The fourth-order valence-electron chi connectivity index (χ4n) is 4.46. The molecule has 34 heavy (non-hydrogen) atoms. The van der Waals surface area contributed by atoms with Gasteiger partial charge in [-0.15, -0.1) is 0 Å². The number of thiocarbonyl (C=S) groups is 1. The van der Waals surface area contributed by atoms with Crippen molar-refractivity contribution in [2.24, 2.45) is 0 Å². The second kappa shape index (κ2) is 9.11. The van der Waals surface area contributed by atoms with Crippen molar-refractivity contribution < 1.29 is 9.90 Å². The molecule has 0 aliphatic carbocycles. The number of hydrogen-bond acceptors (Lipinski definition) is 3. The van der Waals surface area contributed by atoms with Crippen LogP contribution in [-0.2, 0) is 6.42 Å². The Hall–Kier alpha value is -3.97. The van der Waals surface area contributed by atoms with Gasteiger partial charge in [-0.1, -0.05) is 25.1 Å². The Morgan fingerprint density at radius 1 is 1.00 bits per heavy atom. The summed E-state index contributed by atoms with van der Waals surface area (Å²) in [6.07, 6.45) is 4.75. The van der Waals surface area contributed by atoms with Crippen molar-refractivity contribution in [2.45, 2.75) is 25.4 Å². The van der Waals surface area contributed by atoms with Gasteiger partial charge in [-0.05, 0) is 84.9 Å². The first-order chi connectivity index (χ1) is 16.6. The van der Waals surface area contributed by atoms with Gasteiger partial charge >= 0.3 is 5.97 Å². The first-order valence-corrected chi connectivity index (χ1v) is 11.6. The van der Waals surface area contributed by atoms with Gasteiger partial charge < -0.3 is 19.9 Å². The number of benzene rings is 2. The quantitative estimate of drug-likeness (QED) is 0.374. The lowest BCUT2D eigenvalue weighted by Crippen LogP contribution is -2.30. The van der Waals surface area contributed by atoms with Crippen LogP contribution in [0.15, 0.2) is 91.3 Å². The van der Waals surface area contributed by atoms with E-state index in [-0.39, 0.29) is 17.6 Å². The van der Waals surface area contributed by atoms with Crippen molar-refractivity contribution in [3.05, 3.63) is 114 Å². The minimum atomic E-state index is -0.943. The third kappa shape index (κ3) is 3.95. The number of carboxylic acids is 1. The van der Waals surface area contributed by atoms with Crippen molar-refractivity contribution >= 4 is 29.0 Å². The van der Waals surface area contributed by atoms with E-state index >= 15 is 0 Å². The number of anilines is 1. The minimum Gasteiger partial charge on any atom is -0.478 e. The number of nitrogens with one attached hydrogen (secondary N) is 1. The summed E-state index contributed by atoms with van der Waals surface area (Å²) in [5.74, 6) is -0.943. The molecule has 1 aliphatic rings. The fraction of sp³-hybridized carbons (Fsp3) is 0.148. The Balaban J connectivity index is 1.62. The average Bonchev–Trinajstić information content (AvgIpc) is 3.49. The molecule has 0 spiro atoms. The van der Waals surface area contributed by atoms with Crippen LogP contribution in [-0.4, -0.2) is 25.7 Å². The molecule has 0 bridgehead atoms. The first kappa shape index (κ1) is 21.9. The van der Waals surface area contributed by atoms with E-state index in [1.807, 2.05) is 42.6 Å². The van der Waals surface area contributed by atoms with E-state index in [4.69, 9.17) is 12.2 Å². The van der Waals surface area contributed by atoms with Gasteiger partial charge in [0.1, 0.15) is 6.04 Å². The molecule has 1 fully saturated rings. The highest BCUT2D eigenvalue weighted by molar-refractivity contribution is 7.80. The molecule has 4 aromatic rings. The molecule has 0 saturated carbocycles. The van der Waals surface area contributed by atoms with Crippen LogP contribution in [0, 0.1) is 0 Å². The third-order valence-corrected chi connectivity index (χ3v) is 6.51. The second-order valence-corrected chi connectivity index (χ2v) is 8.56. The van der Waals surface area contributed by atoms with Gasteiger partial charge in [0.25, 0.3) is 0 Å². The van der Waals surface area contributed by atoms with Gasteiger partial charge in [0.15, 0.2) is 5.11 Å². The summed E-state index contributed by atoms with van der Waals surface area (Å²) in [4.78, 5) is 18.1. The summed E-state index contributed by atoms with van der Waals surface area (Å²) in [7, 11) is 0. The third-order valence-electron chi connectivity index (χ3n) is 6.20. The number of aromatic nitrogens is 2. The smallest absolute Gasteiger partial charge is 0.335 e. The first-order valence-electron chi connectivity index (χ1n) is 11.2. The number of carboxylic acid groups (broad SMARTS) is 1. The van der Waals surface area contributed by atoms with Gasteiger partial charge in [-0.2, -0.15) is 0 Å². The lowest BCUT2D eigenvalue weighted by atomic mass is 10.0. The van der Waals surface area contributed by atoms with Crippen molar-refractivity contribution in [3.63, 3.8) is 0 Å². The van der Waals surface area contributed by atoms with Gasteiger partial charge in [-0.3, -0.25) is 4.98 Å². The zero-order valence-electron chi connectivity index (χ0n) is 18.6. The molecule has 5 rings (SSSR count). The molecule has 1 saturated heterocycles. The topological polar surface area (TPSA) is 70.4 Å². The van der Waals surface area contributed by atoms with E-state index in [1.165, 1.54) is 5.56 Å². The zero-order chi connectivity index (χ0) is 23.7. The Morgan fingerprint density at radius 2 is 1.74 bits per heavy atom. The number of aromatic carboxylic acids is 1. The normalized spacial score (nSPS) is 17.6. The van der Waals surface area contributed by atoms with Crippen molar-refractivity contribution in [2.75, 3.05) is 4.90 Å². The van der Waals surface area contributed by atoms with Crippen LogP contribution in [0.1, 0.15) is 46.3 Å². The zero-order valence-corrected chi connectivity index (χ0v) is 19.4. The van der Waals surface area contributed by atoms with Crippen molar-refractivity contribution in [3.8, 4) is 5.69 Å². The fourth-order valence-corrected chi connectivity index (χ4v) is 4.81. The molecule has 0 radical (unpaired) electrons. The van der Waals surface area contributed by atoms with Crippen LogP contribution in [0.3, 0.4) is 0 Å². The number of hydrogen-bond donors (Lipinski definition) is 2. The van der Waals surface area contributed by atoms with Gasteiger partial charge in [0, 0.05) is 29.5 Å². The molecule has 2 aromatic carbocycles. The largest absolute Gasteiger partial charge is 0.478 e. The summed E-state index contributed by atoms with van der Waals surface area (Å²) in [5.41, 5.74) is 5.32. The molecule has 170 valence electrons. The molecule has 2 aromatic heterocycles. The summed E-state index contributed by atoms with van der Waals surface area (Å²) >= 11 is 5.83. The predicted molar refractivity (Wildman–Crippen MR) is 136 cm³/mol. The molecule has 2 atom stereocenters. The number of carbonyl (C=O) groups is 1. The lowest BCUT2D eigenvalue weighted by Gasteiger charge is -2.29. The summed E-state index contributed by atoms with van der Waals surface area (Å²) in [6.45, 7) is 2.14. The monoisotopic (exact) mass is 468 g/mol. The average molecular weight is 469 g/mol. The highest BCUT2D eigenvalue weighted by Crippen LogP contribution is 2.42. The van der Waals surface area contributed by atoms with E-state index in [1.54, 1.807) is 18.3 Å². The van der Waals surface area contributed by atoms with Crippen molar-refractivity contribution in [1.82, 2.24) is 14.9 Å². The minimum absolute atomic E-state index is 0.161. The number of nitrogens with zero attached hydrogens (tertiary/aromatic N) is 3. The number of aryl methyl sites for hydroxylation is 1. The standard InChI is InChI=1S/C27H24N4O2S/c1-2-18-8-12-21(13-9-18)31-25(24(29-27(31)34)22-6-3-4-16-28-22)23-7-5-17-30(23)20-14-10-19(11-15-20)26(32)33/h3-17,24-25H,2H2,1H3,(H,29,34)(H,32,33)/t24-,25+/m0/s1. The summed E-state index contributed by atoms with van der Waals surface area (Å²) < 4.78 is 2.08. The molecule has 7 heteroatoms. The van der Waals surface area contributed by atoms with E-state index < -0.39 is 5.97 Å². The van der Waals surface area contributed by atoms with E-state index in [0.717, 1.165) is 29.2 Å². The molecule has 3 heterocycles. The van der Waals surface area contributed by atoms with Crippen LogP contribution >= 0.6 is 12.2 Å². The highest BCUT2D eigenvalue weighted by Gasteiger charge is 2.42. The molecule has 1 aliphatic heterocycles. The molecule has 2 N–H and O–H groups in total. The maximum Gasteiger partial charge on any atom is 0.335 e. The Kier molecular flexibility index (Phi) is 5.86. The second-order valence-electron chi connectivity index (χ2n) is 8.17. The highest BCUT2D eigenvalue weighted by atomic mass is 32.1. The predicted octanol–water partition coefficient (Wildman–Crippen LogP) is 5.31. The lowest BCUT2D eigenvalue weighted by molar-refractivity contribution is 0.0697. The van der Waals surface area contributed by atoms with E-state index in [2.05, 4.69) is 57.0 Å². The van der Waals surface area contributed by atoms with Crippen LogP contribution in [0.4, 0.5) is 5.69 Å². The van der Waals surface area contributed by atoms with Gasteiger partial charge in [-0.25, -0.2) is 4.79 Å². The number of pyridine rings is 1. The Morgan fingerprint density at radius 3 is 2.38 bits per heavy atom. The number of rotatable bonds is 6. The van der Waals surface area contributed by atoms with Crippen LogP contribution in [0.5, 0.6) is 0 Å². The van der Waals surface area contributed by atoms with E-state index in [0.29, 0.717) is 5.11 Å². The Bertz CT molecular complexity index is 1320. The van der Waals surface area contributed by atoms with E-state index in [9.17, 15) is 9.90 Å². The molecule has 0 unspecified atom stereocenters. The van der Waals surface area contributed by atoms with Crippen LogP contribution in [0.2, 0.25) is 0 Å². The van der Waals surface area contributed by atoms with Crippen LogP contribution < -0.4 is 10.2 Å². The summed E-state index contributed by atoms with van der Waals surface area (Å²) in [6, 6.07) is 25.0. The molecular weight excluding hydrogens is 444 g/mol. The maximum atomic E-state index is 11.3. The van der Waals surface area contributed by atoms with Gasteiger partial charge in [0.05, 0.1) is 17.3 Å². The van der Waals surface area contributed by atoms with Crippen molar-refractivity contribution in [1.29, 1.82) is 0 Å².